The second-order valence-corrected chi connectivity index (χ2v) is 9.30. The zero-order valence-corrected chi connectivity index (χ0v) is 19.1. The molecule has 1 atom stereocenters. The number of carbonyl (C=O) groups is 1. The van der Waals surface area contributed by atoms with E-state index in [0.717, 1.165) is 55.4 Å². The number of likely N-dealkylation sites (tertiary alicyclic amines) is 1. The molecule has 6 nitrogen and oxygen atoms in total. The third-order valence-electron chi connectivity index (χ3n) is 6.12. The van der Waals surface area contributed by atoms with E-state index in [2.05, 4.69) is 4.90 Å². The molecule has 2 aromatic rings. The highest BCUT2D eigenvalue weighted by atomic mass is 35.5. The van der Waals surface area contributed by atoms with Gasteiger partial charge in [0, 0.05) is 25.3 Å². The third-order valence-corrected chi connectivity index (χ3v) is 7.64. The summed E-state index contributed by atoms with van der Waals surface area (Å²) in [5.41, 5.74) is 0.958. The first-order valence-electron chi connectivity index (χ1n) is 10.4. The van der Waals surface area contributed by atoms with Gasteiger partial charge in [0.15, 0.2) is 11.5 Å². The van der Waals surface area contributed by atoms with Gasteiger partial charge in [0.2, 0.25) is 5.91 Å². The van der Waals surface area contributed by atoms with E-state index < -0.39 is 0 Å². The van der Waals surface area contributed by atoms with Crippen LogP contribution < -0.4 is 19.1 Å². The fraction of sp³-hybridized carbons (Fsp3) is 0.435. The number of carbonyl (C=O) groups excluding carboxylic acids is 1. The average Bonchev–Trinajstić information content (AvgIpc) is 3.11. The Morgan fingerprint density at radius 2 is 1.81 bits per heavy atom. The standard InChI is InChI=1S/C23H26N2O4S.ClH/c1-27-18-8-6-17(7-9-18)25-22(26)16-30-23(25)10-12-24(13-11-23)14-19-15-28-20-4-2-3-5-21(20)29-19;/h2-9,19H,10-16H2,1H3;1H. The Hall–Kier alpha value is -2.09. The number of fused-ring (bicyclic) bond motifs is 1. The van der Waals surface area contributed by atoms with Gasteiger partial charge in [-0.2, -0.15) is 0 Å². The fourth-order valence-corrected chi connectivity index (χ4v) is 5.89. The maximum absolute atomic E-state index is 12.7. The Bertz CT molecular complexity index is 918. The lowest BCUT2D eigenvalue weighted by atomic mass is 10.0. The van der Waals surface area contributed by atoms with Crippen LogP contribution in [-0.4, -0.2) is 60.9 Å². The molecule has 8 heteroatoms. The molecule has 1 spiro atoms. The zero-order valence-electron chi connectivity index (χ0n) is 17.5. The summed E-state index contributed by atoms with van der Waals surface area (Å²) in [4.78, 5) is 17.0. The van der Waals surface area contributed by atoms with E-state index in [1.165, 1.54) is 0 Å². The first-order chi connectivity index (χ1) is 14.7. The Morgan fingerprint density at radius 1 is 1.10 bits per heavy atom. The number of thioether (sulfide) groups is 1. The van der Waals surface area contributed by atoms with Gasteiger partial charge in [0.1, 0.15) is 18.5 Å². The topological polar surface area (TPSA) is 51.2 Å². The average molecular weight is 463 g/mol. The van der Waals surface area contributed by atoms with Gasteiger partial charge in [-0.15, -0.1) is 24.2 Å². The molecule has 1 unspecified atom stereocenters. The van der Waals surface area contributed by atoms with E-state index >= 15 is 0 Å². The van der Waals surface area contributed by atoms with Crippen molar-refractivity contribution >= 4 is 35.8 Å². The predicted octanol–water partition coefficient (Wildman–Crippen LogP) is 3.83. The van der Waals surface area contributed by atoms with Crippen LogP contribution in [-0.2, 0) is 4.79 Å². The van der Waals surface area contributed by atoms with Gasteiger partial charge in [-0.05, 0) is 49.2 Å². The van der Waals surface area contributed by atoms with E-state index in [0.29, 0.717) is 12.4 Å². The summed E-state index contributed by atoms with van der Waals surface area (Å²) in [5, 5.41) is 0. The summed E-state index contributed by atoms with van der Waals surface area (Å²) in [6, 6.07) is 15.7. The number of benzene rings is 2. The number of piperidine rings is 1. The van der Waals surface area contributed by atoms with Crippen LogP contribution in [0.25, 0.3) is 0 Å². The molecule has 0 aromatic heterocycles. The van der Waals surface area contributed by atoms with Gasteiger partial charge in [-0.1, -0.05) is 12.1 Å². The maximum Gasteiger partial charge on any atom is 0.238 e. The van der Waals surface area contributed by atoms with E-state index in [-0.39, 0.29) is 29.3 Å². The number of hydrogen-bond acceptors (Lipinski definition) is 6. The summed E-state index contributed by atoms with van der Waals surface area (Å²) >= 11 is 1.79. The van der Waals surface area contributed by atoms with Crippen LogP contribution in [0.2, 0.25) is 0 Å². The van der Waals surface area contributed by atoms with Crippen molar-refractivity contribution < 1.29 is 19.0 Å². The number of rotatable bonds is 4. The molecule has 3 heterocycles. The molecule has 31 heavy (non-hydrogen) atoms. The van der Waals surface area contributed by atoms with E-state index in [1.54, 1.807) is 18.9 Å². The maximum atomic E-state index is 12.7. The third kappa shape index (κ3) is 4.31. The second-order valence-electron chi connectivity index (χ2n) is 7.96. The van der Waals surface area contributed by atoms with Crippen molar-refractivity contribution in [2.24, 2.45) is 0 Å². The molecule has 0 N–H and O–H groups in total. The van der Waals surface area contributed by atoms with E-state index in [9.17, 15) is 4.79 Å². The van der Waals surface area contributed by atoms with Crippen LogP contribution >= 0.6 is 24.2 Å². The van der Waals surface area contributed by atoms with Gasteiger partial charge in [-0.3, -0.25) is 14.6 Å². The molecule has 2 fully saturated rings. The Morgan fingerprint density at radius 3 is 2.52 bits per heavy atom. The molecule has 0 aliphatic carbocycles. The number of amides is 1. The molecule has 3 aliphatic heterocycles. The van der Waals surface area contributed by atoms with Crippen molar-refractivity contribution in [1.82, 2.24) is 4.90 Å². The monoisotopic (exact) mass is 462 g/mol. The Labute approximate surface area is 193 Å². The van der Waals surface area contributed by atoms with Gasteiger partial charge >= 0.3 is 0 Å². The van der Waals surface area contributed by atoms with Crippen molar-refractivity contribution in [3.63, 3.8) is 0 Å². The molecule has 0 radical (unpaired) electrons. The number of hydrogen-bond donors (Lipinski definition) is 0. The summed E-state index contributed by atoms with van der Waals surface area (Å²) in [6.07, 6.45) is 1.92. The van der Waals surface area contributed by atoms with Crippen LogP contribution in [0.3, 0.4) is 0 Å². The minimum absolute atomic E-state index is 0. The summed E-state index contributed by atoms with van der Waals surface area (Å²) < 4.78 is 17.3. The Kier molecular flexibility index (Phi) is 6.55. The van der Waals surface area contributed by atoms with E-state index in [1.807, 2.05) is 53.4 Å². The minimum Gasteiger partial charge on any atom is -0.497 e. The molecule has 0 saturated carbocycles. The molecular formula is C23H27ClN2O4S. The van der Waals surface area contributed by atoms with Crippen molar-refractivity contribution in [3.8, 4) is 17.2 Å². The lowest BCUT2D eigenvalue weighted by Gasteiger charge is -2.44. The van der Waals surface area contributed by atoms with E-state index in [4.69, 9.17) is 14.2 Å². The summed E-state index contributed by atoms with van der Waals surface area (Å²) in [7, 11) is 1.66. The first kappa shape index (κ1) is 22.1. The zero-order chi connectivity index (χ0) is 20.6. The van der Waals surface area contributed by atoms with Crippen molar-refractivity contribution in [1.29, 1.82) is 0 Å². The molecule has 5 rings (SSSR count). The smallest absolute Gasteiger partial charge is 0.238 e. The number of ether oxygens (including phenoxy) is 3. The number of anilines is 1. The van der Waals surface area contributed by atoms with Gasteiger partial charge in [0.25, 0.3) is 0 Å². The lowest BCUT2D eigenvalue weighted by Crippen LogP contribution is -2.54. The summed E-state index contributed by atoms with van der Waals surface area (Å²) in [5.74, 6) is 3.19. The molecule has 2 aromatic carbocycles. The SMILES string of the molecule is COc1ccc(N2C(=O)CSC23CCN(CC2COc4ccccc4O2)CC3)cc1.Cl. The van der Waals surface area contributed by atoms with Crippen molar-refractivity contribution in [3.05, 3.63) is 48.5 Å². The Balaban J connectivity index is 0.00000231. The summed E-state index contributed by atoms with van der Waals surface area (Å²) in [6.45, 7) is 3.29. The minimum atomic E-state index is -0.154. The molecule has 0 bridgehead atoms. The molecule has 3 aliphatic rings. The number of methoxy groups -OCH3 is 1. The van der Waals surface area contributed by atoms with Gasteiger partial charge < -0.3 is 14.2 Å². The predicted molar refractivity (Wildman–Crippen MR) is 125 cm³/mol. The highest BCUT2D eigenvalue weighted by molar-refractivity contribution is 8.02. The highest BCUT2D eigenvalue weighted by Crippen LogP contribution is 2.47. The molecular weight excluding hydrogens is 436 g/mol. The first-order valence-corrected chi connectivity index (χ1v) is 11.4. The second kappa shape index (κ2) is 9.18. The van der Waals surface area contributed by atoms with Crippen molar-refractivity contribution in [2.75, 3.05) is 44.0 Å². The van der Waals surface area contributed by atoms with Crippen LogP contribution in [0.1, 0.15) is 12.8 Å². The lowest BCUT2D eigenvalue weighted by molar-refractivity contribution is -0.116. The van der Waals surface area contributed by atoms with Gasteiger partial charge in [-0.25, -0.2) is 0 Å². The van der Waals surface area contributed by atoms with Gasteiger partial charge in [0.05, 0.1) is 17.7 Å². The van der Waals surface area contributed by atoms with Crippen molar-refractivity contribution in [2.45, 2.75) is 23.8 Å². The molecule has 2 saturated heterocycles. The quantitative estimate of drug-likeness (QED) is 0.688. The van der Waals surface area contributed by atoms with Crippen LogP contribution in [0.5, 0.6) is 17.2 Å². The molecule has 166 valence electrons. The highest BCUT2D eigenvalue weighted by Gasteiger charge is 2.48. The van der Waals surface area contributed by atoms with Crippen LogP contribution in [0, 0.1) is 0 Å². The number of halogens is 1. The normalized spacial score (nSPS) is 22.3. The largest absolute Gasteiger partial charge is 0.497 e. The number of nitrogens with zero attached hydrogens (tertiary/aromatic N) is 2. The number of para-hydroxylation sites is 2. The molecule has 1 amide bonds. The fourth-order valence-electron chi connectivity index (χ4n) is 4.56. The van der Waals surface area contributed by atoms with Crippen LogP contribution in [0.4, 0.5) is 5.69 Å². The van der Waals surface area contributed by atoms with Crippen LogP contribution in [0.15, 0.2) is 48.5 Å².